The zero-order valence-electron chi connectivity index (χ0n) is 13.5. The first-order valence-corrected chi connectivity index (χ1v) is 8.30. The van der Waals surface area contributed by atoms with Crippen molar-refractivity contribution in [2.24, 2.45) is 0 Å². The molecule has 0 radical (unpaired) electrons. The first-order chi connectivity index (χ1) is 10.2. The topological polar surface area (TPSA) is 40.5 Å². The number of amides is 1. The second-order valence-corrected chi connectivity index (χ2v) is 5.65. The zero-order valence-corrected chi connectivity index (χ0v) is 13.5. The van der Waals surface area contributed by atoms with Crippen LogP contribution in [0.25, 0.3) is 0 Å². The average molecular weight is 291 g/mol. The lowest BCUT2D eigenvalue weighted by Crippen LogP contribution is -2.38. The highest BCUT2D eigenvalue weighted by Gasteiger charge is 2.23. The van der Waals surface area contributed by atoms with Crippen LogP contribution in [-0.2, 0) is 4.79 Å². The molecule has 3 nitrogen and oxygen atoms in total. The van der Waals surface area contributed by atoms with Crippen LogP contribution >= 0.6 is 0 Å². The fourth-order valence-corrected chi connectivity index (χ4v) is 2.41. The maximum atomic E-state index is 12.2. The van der Waals surface area contributed by atoms with Crippen molar-refractivity contribution in [2.45, 2.75) is 77.4 Å². The van der Waals surface area contributed by atoms with Crippen LogP contribution in [0.2, 0.25) is 0 Å². The van der Waals surface area contributed by atoms with Gasteiger partial charge in [-0.1, -0.05) is 44.8 Å². The lowest BCUT2D eigenvalue weighted by molar-refractivity contribution is -0.131. The molecule has 1 aliphatic rings. The minimum Gasteiger partial charge on any atom is -0.389 e. The van der Waals surface area contributed by atoms with Crippen LogP contribution in [0, 0.1) is 11.8 Å². The van der Waals surface area contributed by atoms with Gasteiger partial charge in [0.15, 0.2) is 0 Å². The molecule has 21 heavy (non-hydrogen) atoms. The smallest absolute Gasteiger partial charge is 0.223 e. The third-order valence-corrected chi connectivity index (χ3v) is 3.86. The van der Waals surface area contributed by atoms with Gasteiger partial charge < -0.3 is 10.0 Å². The Hall–Kier alpha value is -1.27. The first-order valence-electron chi connectivity index (χ1n) is 8.30. The minimum absolute atomic E-state index is 0.0849. The van der Waals surface area contributed by atoms with Crippen molar-refractivity contribution >= 4 is 5.91 Å². The van der Waals surface area contributed by atoms with Gasteiger partial charge in [-0.15, -0.1) is 5.92 Å². The molecular weight excluding hydrogens is 262 g/mol. The van der Waals surface area contributed by atoms with E-state index >= 15 is 0 Å². The van der Waals surface area contributed by atoms with Gasteiger partial charge in [-0.2, -0.15) is 0 Å². The van der Waals surface area contributed by atoms with Crippen LogP contribution < -0.4 is 0 Å². The maximum absolute atomic E-state index is 12.2. The van der Waals surface area contributed by atoms with Crippen molar-refractivity contribution in [3.8, 4) is 11.8 Å². The Kier molecular flexibility index (Phi) is 8.85. The van der Waals surface area contributed by atoms with Crippen LogP contribution in [-0.4, -0.2) is 34.6 Å². The minimum atomic E-state index is -0.416. The first kappa shape index (κ1) is 17.8. The Morgan fingerprint density at radius 2 is 2.19 bits per heavy atom. The number of rotatable bonds is 6. The predicted molar refractivity (Wildman–Crippen MR) is 86.7 cm³/mol. The highest BCUT2D eigenvalue weighted by atomic mass is 16.3. The number of likely N-dealkylation sites (tertiary alicyclic amines) is 1. The Balaban J connectivity index is 2.67. The van der Waals surface area contributed by atoms with E-state index in [-0.39, 0.29) is 11.9 Å². The molecule has 1 N–H and O–H groups in total. The molecule has 0 aliphatic carbocycles. The second-order valence-electron chi connectivity index (χ2n) is 5.65. The summed E-state index contributed by atoms with van der Waals surface area (Å²) in [7, 11) is 0. The molecule has 1 fully saturated rings. The largest absolute Gasteiger partial charge is 0.389 e. The molecule has 0 aromatic rings. The number of hydrogen-bond donors (Lipinski definition) is 1. The third-order valence-electron chi connectivity index (χ3n) is 3.86. The van der Waals surface area contributed by atoms with Crippen LogP contribution in [0.5, 0.6) is 0 Å². The summed E-state index contributed by atoms with van der Waals surface area (Å²) in [6.07, 6.45) is 10.9. The third kappa shape index (κ3) is 6.82. The predicted octanol–water partition coefficient (Wildman–Crippen LogP) is 3.28. The summed E-state index contributed by atoms with van der Waals surface area (Å²) in [4.78, 5) is 14.1. The van der Waals surface area contributed by atoms with Crippen molar-refractivity contribution in [1.29, 1.82) is 0 Å². The van der Waals surface area contributed by atoms with Crippen molar-refractivity contribution < 1.29 is 9.90 Å². The number of aliphatic hydroxyl groups is 1. The van der Waals surface area contributed by atoms with Gasteiger partial charge in [-0.05, 0) is 25.7 Å². The van der Waals surface area contributed by atoms with Gasteiger partial charge in [-0.3, -0.25) is 4.79 Å². The quantitative estimate of drug-likeness (QED) is 0.463. The SMILES string of the molecule is CCCCC#CCN1C(=O)CCCC[C@@H]1/C=C/C(O)CC. The number of nitrogens with zero attached hydrogens (tertiary/aromatic N) is 1. The van der Waals surface area contributed by atoms with E-state index in [1.165, 1.54) is 0 Å². The van der Waals surface area contributed by atoms with Gasteiger partial charge in [-0.25, -0.2) is 0 Å². The molecule has 1 rings (SSSR count). The monoisotopic (exact) mass is 291 g/mol. The zero-order chi connectivity index (χ0) is 15.5. The van der Waals surface area contributed by atoms with E-state index in [0.717, 1.165) is 38.5 Å². The molecule has 3 heteroatoms. The fraction of sp³-hybridized carbons (Fsp3) is 0.722. The summed E-state index contributed by atoms with van der Waals surface area (Å²) in [5, 5.41) is 9.67. The molecule has 2 atom stereocenters. The van der Waals surface area contributed by atoms with E-state index in [9.17, 15) is 9.90 Å². The molecule has 1 heterocycles. The second kappa shape index (κ2) is 10.5. The Morgan fingerprint density at radius 3 is 2.90 bits per heavy atom. The molecule has 118 valence electrons. The van der Waals surface area contributed by atoms with Crippen LogP contribution in [0.3, 0.4) is 0 Å². The van der Waals surface area contributed by atoms with Crippen molar-refractivity contribution in [1.82, 2.24) is 4.90 Å². The van der Waals surface area contributed by atoms with Crippen LogP contribution in [0.4, 0.5) is 0 Å². The van der Waals surface area contributed by atoms with E-state index < -0.39 is 6.10 Å². The molecule has 0 spiro atoms. The van der Waals surface area contributed by atoms with Crippen molar-refractivity contribution in [3.05, 3.63) is 12.2 Å². The number of carbonyl (C=O) groups excluding carboxylic acids is 1. The normalized spacial score (nSPS) is 21.0. The molecule has 0 bridgehead atoms. The highest BCUT2D eigenvalue weighted by Crippen LogP contribution is 2.19. The Labute approximate surface area is 129 Å². The van der Waals surface area contributed by atoms with E-state index in [1.807, 2.05) is 24.0 Å². The summed E-state index contributed by atoms with van der Waals surface area (Å²) in [5.41, 5.74) is 0. The van der Waals surface area contributed by atoms with Gasteiger partial charge in [0.2, 0.25) is 5.91 Å². The maximum Gasteiger partial charge on any atom is 0.223 e. The number of aliphatic hydroxyl groups excluding tert-OH is 1. The van der Waals surface area contributed by atoms with Crippen LogP contribution in [0.15, 0.2) is 12.2 Å². The Bertz CT molecular complexity index is 392. The molecule has 1 saturated heterocycles. The van der Waals surface area contributed by atoms with Gasteiger partial charge in [0.05, 0.1) is 18.7 Å². The van der Waals surface area contributed by atoms with Crippen molar-refractivity contribution in [2.75, 3.05) is 6.54 Å². The van der Waals surface area contributed by atoms with Crippen LogP contribution in [0.1, 0.15) is 65.2 Å². The lowest BCUT2D eigenvalue weighted by atomic mass is 10.1. The fourth-order valence-electron chi connectivity index (χ4n) is 2.41. The van der Waals surface area contributed by atoms with E-state index in [2.05, 4.69) is 18.8 Å². The summed E-state index contributed by atoms with van der Waals surface area (Å²) in [6, 6.07) is 0.0849. The standard InChI is InChI=1S/C18H29NO2/c1-3-5-6-7-10-15-19-16(13-14-17(20)4-2)11-8-9-12-18(19)21/h13-14,16-17,20H,3-6,8-9,11-12,15H2,1-2H3/b14-13+/t16-,17?/m1/s1. The lowest BCUT2D eigenvalue weighted by Gasteiger charge is -2.26. The molecule has 1 unspecified atom stereocenters. The van der Waals surface area contributed by atoms with E-state index in [1.54, 1.807) is 0 Å². The van der Waals surface area contributed by atoms with E-state index in [4.69, 9.17) is 0 Å². The molecular formula is C18H29NO2. The number of unbranched alkanes of at least 4 members (excludes halogenated alkanes) is 2. The van der Waals surface area contributed by atoms with Gasteiger partial charge in [0.25, 0.3) is 0 Å². The summed E-state index contributed by atoms with van der Waals surface area (Å²) in [6.45, 7) is 4.61. The molecule has 0 saturated carbocycles. The summed E-state index contributed by atoms with van der Waals surface area (Å²) < 4.78 is 0. The summed E-state index contributed by atoms with van der Waals surface area (Å²) in [5.74, 6) is 6.48. The van der Waals surface area contributed by atoms with Gasteiger partial charge >= 0.3 is 0 Å². The number of carbonyl (C=O) groups is 1. The van der Waals surface area contributed by atoms with E-state index in [0.29, 0.717) is 19.4 Å². The van der Waals surface area contributed by atoms with Gasteiger partial charge in [0.1, 0.15) is 0 Å². The molecule has 0 aromatic heterocycles. The van der Waals surface area contributed by atoms with Crippen molar-refractivity contribution in [3.63, 3.8) is 0 Å². The average Bonchev–Trinajstić information content (AvgIpc) is 2.66. The molecule has 1 aliphatic heterocycles. The Morgan fingerprint density at radius 1 is 1.38 bits per heavy atom. The molecule has 0 aromatic carbocycles. The summed E-state index contributed by atoms with van der Waals surface area (Å²) >= 11 is 0. The number of hydrogen-bond acceptors (Lipinski definition) is 2. The molecule has 1 amide bonds. The van der Waals surface area contributed by atoms with Gasteiger partial charge in [0, 0.05) is 12.8 Å². The highest BCUT2D eigenvalue weighted by molar-refractivity contribution is 5.77.